The zero-order valence-corrected chi connectivity index (χ0v) is 13.7. The van der Waals surface area contributed by atoms with Gasteiger partial charge in [0.2, 0.25) is 5.91 Å². The second kappa shape index (κ2) is 7.62. The maximum absolute atomic E-state index is 12.1. The third-order valence-corrected chi connectivity index (χ3v) is 4.48. The van der Waals surface area contributed by atoms with E-state index in [0.717, 1.165) is 38.2 Å². The quantitative estimate of drug-likeness (QED) is 0.916. The molecule has 1 saturated heterocycles. The van der Waals surface area contributed by atoms with E-state index in [0.29, 0.717) is 17.5 Å². The van der Waals surface area contributed by atoms with Gasteiger partial charge in [0.15, 0.2) is 0 Å². The smallest absolute Gasteiger partial charge is 0.238 e. The zero-order valence-electron chi connectivity index (χ0n) is 13.0. The van der Waals surface area contributed by atoms with Crippen molar-refractivity contribution in [1.29, 1.82) is 0 Å². The Bertz CT molecular complexity index is 619. The van der Waals surface area contributed by atoms with Gasteiger partial charge in [0.05, 0.1) is 12.9 Å². The summed E-state index contributed by atoms with van der Waals surface area (Å²) < 4.78 is 2.13. The molecule has 2 heterocycles. The Morgan fingerprint density at radius 2 is 2.00 bits per heavy atom. The van der Waals surface area contributed by atoms with Crippen molar-refractivity contribution in [1.82, 2.24) is 14.5 Å². The number of nitrogens with one attached hydrogen (secondary N) is 1. The third kappa shape index (κ3) is 4.81. The largest absolute Gasteiger partial charge is 0.337 e. The van der Waals surface area contributed by atoms with Crippen molar-refractivity contribution in [3.8, 4) is 0 Å². The molecule has 0 atom stereocenters. The molecule has 0 aliphatic carbocycles. The van der Waals surface area contributed by atoms with Crippen molar-refractivity contribution in [2.45, 2.75) is 19.4 Å². The molecule has 6 heteroatoms. The standard InChI is InChI=1S/C17H21ClN4O/c18-15-1-3-16(4-2-15)20-17(23)12-21-8-5-14(6-9-21)11-22-10-7-19-13-22/h1-4,7,10,13-14H,5-6,8-9,11-12H2,(H,20,23). The lowest BCUT2D eigenvalue weighted by Crippen LogP contribution is -2.39. The van der Waals surface area contributed by atoms with Gasteiger partial charge in [0, 0.05) is 29.6 Å². The number of carbonyl (C=O) groups excluding carboxylic acids is 1. The number of benzene rings is 1. The topological polar surface area (TPSA) is 50.2 Å². The predicted octanol–water partition coefficient (Wildman–Crippen LogP) is 2.89. The van der Waals surface area contributed by atoms with Crippen molar-refractivity contribution in [3.63, 3.8) is 0 Å². The van der Waals surface area contributed by atoms with Crippen molar-refractivity contribution in [2.75, 3.05) is 25.0 Å². The molecular formula is C17H21ClN4O. The van der Waals surface area contributed by atoms with Crippen LogP contribution >= 0.6 is 11.6 Å². The van der Waals surface area contributed by atoms with Gasteiger partial charge in [-0.05, 0) is 56.1 Å². The monoisotopic (exact) mass is 332 g/mol. The first-order valence-corrected chi connectivity index (χ1v) is 8.30. The van der Waals surface area contributed by atoms with E-state index < -0.39 is 0 Å². The van der Waals surface area contributed by atoms with E-state index in [-0.39, 0.29) is 5.91 Å². The summed E-state index contributed by atoms with van der Waals surface area (Å²) in [6, 6.07) is 7.19. The van der Waals surface area contributed by atoms with E-state index in [4.69, 9.17) is 11.6 Å². The molecule has 122 valence electrons. The maximum atomic E-state index is 12.1. The SMILES string of the molecule is O=C(CN1CCC(Cn2ccnc2)CC1)Nc1ccc(Cl)cc1. The summed E-state index contributed by atoms with van der Waals surface area (Å²) in [5.74, 6) is 0.695. The number of hydrogen-bond acceptors (Lipinski definition) is 3. The highest BCUT2D eigenvalue weighted by atomic mass is 35.5. The Morgan fingerprint density at radius 3 is 2.65 bits per heavy atom. The number of carbonyl (C=O) groups is 1. The Hall–Kier alpha value is -1.85. The van der Waals surface area contributed by atoms with Gasteiger partial charge in [-0.3, -0.25) is 9.69 Å². The summed E-state index contributed by atoms with van der Waals surface area (Å²) in [5, 5.41) is 3.58. The minimum Gasteiger partial charge on any atom is -0.337 e. The summed E-state index contributed by atoms with van der Waals surface area (Å²) in [7, 11) is 0. The molecule has 0 spiro atoms. The molecule has 0 radical (unpaired) electrons. The van der Waals surface area contributed by atoms with Crippen LogP contribution in [0, 0.1) is 5.92 Å². The van der Waals surface area contributed by atoms with Crippen LogP contribution in [-0.4, -0.2) is 40.0 Å². The van der Waals surface area contributed by atoms with Crippen LogP contribution < -0.4 is 5.32 Å². The molecule has 5 nitrogen and oxygen atoms in total. The number of piperidine rings is 1. The molecule has 1 N–H and O–H groups in total. The molecule has 0 saturated carbocycles. The van der Waals surface area contributed by atoms with Crippen LogP contribution in [0.3, 0.4) is 0 Å². The highest BCUT2D eigenvalue weighted by Crippen LogP contribution is 2.19. The van der Waals surface area contributed by atoms with Gasteiger partial charge in [0.1, 0.15) is 0 Å². The van der Waals surface area contributed by atoms with E-state index in [2.05, 4.69) is 19.8 Å². The Kier molecular flexibility index (Phi) is 5.31. The minimum atomic E-state index is 0.0281. The van der Waals surface area contributed by atoms with Gasteiger partial charge in [-0.1, -0.05) is 11.6 Å². The van der Waals surface area contributed by atoms with Gasteiger partial charge in [-0.15, -0.1) is 0 Å². The highest BCUT2D eigenvalue weighted by Gasteiger charge is 2.21. The number of rotatable bonds is 5. The van der Waals surface area contributed by atoms with E-state index in [9.17, 15) is 4.79 Å². The maximum Gasteiger partial charge on any atom is 0.238 e. The van der Waals surface area contributed by atoms with Crippen LogP contribution in [-0.2, 0) is 11.3 Å². The van der Waals surface area contributed by atoms with Crippen LogP contribution in [0.2, 0.25) is 5.02 Å². The van der Waals surface area contributed by atoms with E-state index >= 15 is 0 Å². The molecule has 23 heavy (non-hydrogen) atoms. The second-order valence-electron chi connectivity index (χ2n) is 6.03. The minimum absolute atomic E-state index is 0.0281. The summed E-state index contributed by atoms with van der Waals surface area (Å²) in [6.45, 7) is 3.39. The fourth-order valence-corrected chi connectivity index (χ4v) is 3.08. The molecule has 0 bridgehead atoms. The molecule has 3 rings (SSSR count). The van der Waals surface area contributed by atoms with Gasteiger partial charge in [-0.25, -0.2) is 4.98 Å². The molecule has 1 aliphatic rings. The number of hydrogen-bond donors (Lipinski definition) is 1. The molecule has 1 amide bonds. The van der Waals surface area contributed by atoms with Crippen LogP contribution in [0.25, 0.3) is 0 Å². The number of nitrogens with zero attached hydrogens (tertiary/aromatic N) is 3. The van der Waals surface area contributed by atoms with Gasteiger partial charge in [0.25, 0.3) is 0 Å². The third-order valence-electron chi connectivity index (χ3n) is 4.23. The molecule has 2 aromatic rings. The lowest BCUT2D eigenvalue weighted by molar-refractivity contribution is -0.117. The van der Waals surface area contributed by atoms with Gasteiger partial charge < -0.3 is 9.88 Å². The Balaban J connectivity index is 1.41. The van der Waals surface area contributed by atoms with Crippen LogP contribution in [0.4, 0.5) is 5.69 Å². The van der Waals surface area contributed by atoms with Crippen LogP contribution in [0.1, 0.15) is 12.8 Å². The van der Waals surface area contributed by atoms with Crippen molar-refractivity contribution in [3.05, 3.63) is 48.0 Å². The molecule has 1 aromatic carbocycles. The fraction of sp³-hybridized carbons (Fsp3) is 0.412. The molecule has 0 unspecified atom stereocenters. The van der Waals surface area contributed by atoms with Crippen LogP contribution in [0.15, 0.2) is 43.0 Å². The van der Waals surface area contributed by atoms with Crippen LogP contribution in [0.5, 0.6) is 0 Å². The van der Waals surface area contributed by atoms with Gasteiger partial charge in [-0.2, -0.15) is 0 Å². The first-order valence-electron chi connectivity index (χ1n) is 7.92. The van der Waals surface area contributed by atoms with E-state index in [1.807, 2.05) is 30.9 Å². The predicted molar refractivity (Wildman–Crippen MR) is 91.5 cm³/mol. The molecule has 1 fully saturated rings. The Morgan fingerprint density at radius 1 is 1.26 bits per heavy atom. The zero-order chi connectivity index (χ0) is 16.1. The summed E-state index contributed by atoms with van der Waals surface area (Å²) in [6.07, 6.45) is 7.92. The summed E-state index contributed by atoms with van der Waals surface area (Å²) in [5.41, 5.74) is 0.786. The molecule has 1 aliphatic heterocycles. The van der Waals surface area contributed by atoms with Crippen molar-refractivity contribution in [2.24, 2.45) is 5.92 Å². The first-order chi connectivity index (χ1) is 11.2. The van der Waals surface area contributed by atoms with Crippen molar-refractivity contribution >= 4 is 23.2 Å². The van der Waals surface area contributed by atoms with Gasteiger partial charge >= 0.3 is 0 Å². The normalized spacial score (nSPS) is 16.4. The fourth-order valence-electron chi connectivity index (χ4n) is 2.96. The first kappa shape index (κ1) is 16.0. The average molecular weight is 333 g/mol. The van der Waals surface area contributed by atoms with E-state index in [1.165, 1.54) is 0 Å². The molecule has 1 aromatic heterocycles. The number of amides is 1. The number of likely N-dealkylation sites (tertiary alicyclic amines) is 1. The number of imidazole rings is 1. The molecular weight excluding hydrogens is 312 g/mol. The summed E-state index contributed by atoms with van der Waals surface area (Å²) >= 11 is 5.84. The number of anilines is 1. The highest BCUT2D eigenvalue weighted by molar-refractivity contribution is 6.30. The average Bonchev–Trinajstić information content (AvgIpc) is 3.04. The van der Waals surface area contributed by atoms with E-state index in [1.54, 1.807) is 12.1 Å². The lowest BCUT2D eigenvalue weighted by atomic mass is 9.97. The lowest BCUT2D eigenvalue weighted by Gasteiger charge is -2.31. The number of halogens is 1. The van der Waals surface area contributed by atoms with Crippen molar-refractivity contribution < 1.29 is 4.79 Å². The summed E-state index contributed by atoms with van der Waals surface area (Å²) in [4.78, 5) is 18.4. The number of aromatic nitrogens is 2. The second-order valence-corrected chi connectivity index (χ2v) is 6.47. The Labute approximate surface area is 141 Å².